The first-order chi connectivity index (χ1) is 17.5. The maximum atomic E-state index is 6.59. The van der Waals surface area contributed by atoms with E-state index in [4.69, 9.17) is 9.47 Å². The van der Waals surface area contributed by atoms with Crippen molar-refractivity contribution < 1.29 is 9.47 Å². The molecular formula is C34H50O2. The summed E-state index contributed by atoms with van der Waals surface area (Å²) in [6.45, 7) is 12.9. The Kier molecular flexibility index (Phi) is 11.4. The average Bonchev–Trinajstić information content (AvgIpc) is 2.87. The van der Waals surface area contributed by atoms with Gasteiger partial charge in [-0.25, -0.2) is 0 Å². The van der Waals surface area contributed by atoms with Gasteiger partial charge in [-0.1, -0.05) is 135 Å². The number of benzene rings is 3. The first-order valence-electron chi connectivity index (χ1n) is 14.7. The highest BCUT2D eigenvalue weighted by atomic mass is 16.5. The summed E-state index contributed by atoms with van der Waals surface area (Å²) >= 11 is 0. The summed E-state index contributed by atoms with van der Waals surface area (Å²) in [7, 11) is 0. The Balaban J connectivity index is 1.88. The molecule has 198 valence electrons. The van der Waals surface area contributed by atoms with E-state index in [-0.39, 0.29) is 5.41 Å². The molecule has 36 heavy (non-hydrogen) atoms. The summed E-state index contributed by atoms with van der Waals surface area (Å²) in [4.78, 5) is 0. The quantitative estimate of drug-likeness (QED) is 0.147. The minimum Gasteiger partial charge on any atom is -0.492 e. The van der Waals surface area contributed by atoms with Crippen molar-refractivity contribution in [2.45, 2.75) is 117 Å². The molecule has 0 saturated carbocycles. The van der Waals surface area contributed by atoms with Gasteiger partial charge in [-0.05, 0) is 29.9 Å². The number of fused-ring (bicyclic) bond motifs is 2. The van der Waals surface area contributed by atoms with E-state index in [1.54, 1.807) is 0 Å². The third-order valence-electron chi connectivity index (χ3n) is 7.28. The third kappa shape index (κ3) is 7.89. The van der Waals surface area contributed by atoms with Crippen molar-refractivity contribution in [2.24, 2.45) is 0 Å². The highest BCUT2D eigenvalue weighted by molar-refractivity contribution is 6.11. The Morgan fingerprint density at radius 3 is 1.47 bits per heavy atom. The third-order valence-corrected chi connectivity index (χ3v) is 7.28. The van der Waals surface area contributed by atoms with Crippen molar-refractivity contribution in [3.05, 3.63) is 48.0 Å². The molecule has 3 aromatic rings. The number of unbranched alkanes of at least 4 members (excludes halogenated alkanes) is 10. The van der Waals surface area contributed by atoms with Gasteiger partial charge in [0.15, 0.2) is 0 Å². The van der Waals surface area contributed by atoms with Gasteiger partial charge in [0.1, 0.15) is 11.5 Å². The van der Waals surface area contributed by atoms with E-state index in [0.717, 1.165) is 42.9 Å². The number of ether oxygens (including phenoxy) is 2. The molecule has 0 spiro atoms. The maximum absolute atomic E-state index is 6.59. The van der Waals surface area contributed by atoms with Gasteiger partial charge in [-0.3, -0.25) is 0 Å². The largest absolute Gasteiger partial charge is 0.492 e. The minimum atomic E-state index is 0.0793. The van der Waals surface area contributed by atoms with Crippen LogP contribution in [0.1, 0.15) is 117 Å². The Labute approximate surface area is 220 Å². The summed E-state index contributed by atoms with van der Waals surface area (Å²) in [5.41, 5.74) is 1.41. The first-order valence-corrected chi connectivity index (χ1v) is 14.7. The molecule has 0 bridgehead atoms. The maximum Gasteiger partial charge on any atom is 0.135 e. The predicted molar refractivity (Wildman–Crippen MR) is 158 cm³/mol. The van der Waals surface area contributed by atoms with E-state index in [0.29, 0.717) is 0 Å². The summed E-state index contributed by atoms with van der Waals surface area (Å²) in [6.07, 6.45) is 15.2. The monoisotopic (exact) mass is 490 g/mol. The minimum absolute atomic E-state index is 0.0793. The molecule has 3 aromatic carbocycles. The Bertz CT molecular complexity index is 1060. The van der Waals surface area contributed by atoms with E-state index in [1.165, 1.54) is 85.9 Å². The molecule has 0 aliphatic rings. The zero-order valence-corrected chi connectivity index (χ0v) is 23.8. The van der Waals surface area contributed by atoms with Gasteiger partial charge in [0.2, 0.25) is 0 Å². The second kappa shape index (κ2) is 14.5. The molecule has 0 aromatic heterocycles. The van der Waals surface area contributed by atoms with Crippen molar-refractivity contribution in [1.29, 1.82) is 0 Å². The molecule has 2 heteroatoms. The molecule has 3 rings (SSSR count). The molecule has 0 N–H and O–H groups in total. The predicted octanol–water partition coefficient (Wildman–Crippen LogP) is 10.8. The number of hydrogen-bond donors (Lipinski definition) is 0. The van der Waals surface area contributed by atoms with Crippen molar-refractivity contribution >= 4 is 21.5 Å². The molecule has 0 amide bonds. The molecular weight excluding hydrogens is 440 g/mol. The molecule has 2 nitrogen and oxygen atoms in total. The normalized spacial score (nSPS) is 11.9. The van der Waals surface area contributed by atoms with Crippen molar-refractivity contribution in [2.75, 3.05) is 13.2 Å². The molecule has 0 aliphatic carbocycles. The van der Waals surface area contributed by atoms with E-state index < -0.39 is 0 Å². The zero-order valence-electron chi connectivity index (χ0n) is 23.8. The lowest BCUT2D eigenvalue weighted by Crippen LogP contribution is -2.11. The van der Waals surface area contributed by atoms with Crippen molar-refractivity contribution in [1.82, 2.24) is 0 Å². The van der Waals surface area contributed by atoms with Crippen LogP contribution in [0.25, 0.3) is 21.5 Å². The standard InChI is InChI=1S/C34H50O2/c1-6-8-10-12-14-18-24-35-32-28-20-16-17-21-29(28)33(36-25-19-15-13-11-9-7-2)31-26-27(34(3,4)5)22-23-30(31)32/h16-17,20-23,26H,6-15,18-19,24-25H2,1-5H3. The lowest BCUT2D eigenvalue weighted by molar-refractivity contribution is 0.306. The van der Waals surface area contributed by atoms with E-state index in [9.17, 15) is 0 Å². The van der Waals surface area contributed by atoms with Crippen LogP contribution in [0.5, 0.6) is 11.5 Å². The van der Waals surface area contributed by atoms with E-state index in [2.05, 4.69) is 77.1 Å². The molecule has 0 heterocycles. The summed E-state index contributed by atoms with van der Waals surface area (Å²) in [6, 6.07) is 15.5. The topological polar surface area (TPSA) is 18.5 Å². The zero-order chi connectivity index (χ0) is 25.8. The average molecular weight is 491 g/mol. The molecule has 0 fully saturated rings. The van der Waals surface area contributed by atoms with Crippen LogP contribution in [0.3, 0.4) is 0 Å². The fourth-order valence-electron chi connectivity index (χ4n) is 4.99. The lowest BCUT2D eigenvalue weighted by Gasteiger charge is -2.22. The van der Waals surface area contributed by atoms with Crippen molar-refractivity contribution in [3.63, 3.8) is 0 Å². The Morgan fingerprint density at radius 2 is 0.972 bits per heavy atom. The second-order valence-electron chi connectivity index (χ2n) is 11.4. The van der Waals surface area contributed by atoms with Crippen LogP contribution >= 0.6 is 0 Å². The van der Waals surface area contributed by atoms with Gasteiger partial charge in [-0.2, -0.15) is 0 Å². The van der Waals surface area contributed by atoms with E-state index >= 15 is 0 Å². The van der Waals surface area contributed by atoms with Gasteiger partial charge in [0.25, 0.3) is 0 Å². The first kappa shape index (κ1) is 28.4. The van der Waals surface area contributed by atoms with Gasteiger partial charge >= 0.3 is 0 Å². The number of hydrogen-bond acceptors (Lipinski definition) is 2. The molecule has 0 atom stereocenters. The molecule has 0 radical (unpaired) electrons. The van der Waals surface area contributed by atoms with Gasteiger partial charge in [0.05, 0.1) is 13.2 Å². The summed E-state index contributed by atoms with van der Waals surface area (Å²) in [5, 5.41) is 4.69. The number of rotatable bonds is 16. The van der Waals surface area contributed by atoms with E-state index in [1.807, 2.05) is 0 Å². The molecule has 0 saturated heterocycles. The van der Waals surface area contributed by atoms with Crippen LogP contribution in [0, 0.1) is 0 Å². The lowest BCUT2D eigenvalue weighted by atomic mass is 9.85. The van der Waals surface area contributed by atoms with Crippen LogP contribution in [0.4, 0.5) is 0 Å². The van der Waals surface area contributed by atoms with Crippen LogP contribution in [-0.4, -0.2) is 13.2 Å². The molecule has 0 unspecified atom stereocenters. The van der Waals surface area contributed by atoms with Crippen molar-refractivity contribution in [3.8, 4) is 11.5 Å². The fourth-order valence-corrected chi connectivity index (χ4v) is 4.99. The Morgan fingerprint density at radius 1 is 0.528 bits per heavy atom. The van der Waals surface area contributed by atoms with Crippen LogP contribution < -0.4 is 9.47 Å². The Hall–Kier alpha value is -2.22. The van der Waals surface area contributed by atoms with Gasteiger partial charge in [0, 0.05) is 21.5 Å². The van der Waals surface area contributed by atoms with Crippen LogP contribution in [0.15, 0.2) is 42.5 Å². The summed E-state index contributed by atoms with van der Waals surface area (Å²) < 4.78 is 13.1. The van der Waals surface area contributed by atoms with Crippen LogP contribution in [-0.2, 0) is 5.41 Å². The van der Waals surface area contributed by atoms with Gasteiger partial charge in [-0.15, -0.1) is 0 Å². The van der Waals surface area contributed by atoms with Gasteiger partial charge < -0.3 is 9.47 Å². The molecule has 0 aliphatic heterocycles. The van der Waals surface area contributed by atoms with Crippen LogP contribution in [0.2, 0.25) is 0 Å². The highest BCUT2D eigenvalue weighted by Gasteiger charge is 2.20. The SMILES string of the molecule is CCCCCCCCOc1c2ccccc2c(OCCCCCCCC)c2cc(C(C)(C)C)ccc12. The smallest absolute Gasteiger partial charge is 0.135 e. The second-order valence-corrected chi connectivity index (χ2v) is 11.4. The highest BCUT2D eigenvalue weighted by Crippen LogP contribution is 2.44. The summed E-state index contributed by atoms with van der Waals surface area (Å²) in [5.74, 6) is 2.04. The fraction of sp³-hybridized carbons (Fsp3) is 0.588.